The SMILES string of the molecule is Cn1ccc(Nc2cccc(-c3ccccc3C#N)c2)c(N)c1=O. The average Bonchev–Trinajstić information content (AvgIpc) is 2.62. The summed E-state index contributed by atoms with van der Waals surface area (Å²) in [5.74, 6) is 0. The van der Waals surface area contributed by atoms with Crippen molar-refractivity contribution in [3.8, 4) is 17.2 Å². The molecule has 0 fully saturated rings. The predicted molar refractivity (Wildman–Crippen MR) is 96.0 cm³/mol. The van der Waals surface area contributed by atoms with Crippen LogP contribution in [0, 0.1) is 11.3 Å². The van der Waals surface area contributed by atoms with E-state index in [-0.39, 0.29) is 11.2 Å². The van der Waals surface area contributed by atoms with Gasteiger partial charge in [0.2, 0.25) is 0 Å². The maximum atomic E-state index is 11.9. The van der Waals surface area contributed by atoms with E-state index in [9.17, 15) is 10.1 Å². The summed E-state index contributed by atoms with van der Waals surface area (Å²) in [6.45, 7) is 0. The fraction of sp³-hybridized carbons (Fsp3) is 0.0526. The zero-order valence-electron chi connectivity index (χ0n) is 13.2. The van der Waals surface area contributed by atoms with Crippen LogP contribution in [0.4, 0.5) is 17.1 Å². The number of aromatic nitrogens is 1. The smallest absolute Gasteiger partial charge is 0.275 e. The van der Waals surface area contributed by atoms with Crippen LogP contribution in [-0.4, -0.2) is 4.57 Å². The molecule has 0 aliphatic heterocycles. The molecule has 5 heteroatoms. The average molecular weight is 316 g/mol. The summed E-state index contributed by atoms with van der Waals surface area (Å²) >= 11 is 0. The molecule has 0 unspecified atom stereocenters. The van der Waals surface area contributed by atoms with Crippen LogP contribution in [0.15, 0.2) is 65.6 Å². The Labute approximate surface area is 139 Å². The standard InChI is InChI=1S/C19H16N4O/c1-23-10-9-17(18(21)19(23)24)22-15-7-4-6-13(11-15)16-8-3-2-5-14(16)12-20/h2-11,22H,21H2,1H3. The lowest BCUT2D eigenvalue weighted by Gasteiger charge is -2.12. The number of nitriles is 1. The highest BCUT2D eigenvalue weighted by Gasteiger charge is 2.07. The largest absolute Gasteiger partial charge is 0.393 e. The van der Waals surface area contributed by atoms with Crippen molar-refractivity contribution in [1.29, 1.82) is 5.26 Å². The molecule has 24 heavy (non-hydrogen) atoms. The summed E-state index contributed by atoms with van der Waals surface area (Å²) in [6.07, 6.45) is 1.66. The van der Waals surface area contributed by atoms with Crippen LogP contribution in [0.2, 0.25) is 0 Å². The number of hydrogen-bond acceptors (Lipinski definition) is 4. The van der Waals surface area contributed by atoms with Crippen molar-refractivity contribution in [3.05, 3.63) is 76.7 Å². The lowest BCUT2D eigenvalue weighted by Crippen LogP contribution is -2.20. The number of nitrogens with zero attached hydrogens (tertiary/aromatic N) is 2. The van der Waals surface area contributed by atoms with Crippen molar-refractivity contribution in [1.82, 2.24) is 4.57 Å². The molecule has 3 N–H and O–H groups in total. The van der Waals surface area contributed by atoms with Crippen LogP contribution >= 0.6 is 0 Å². The summed E-state index contributed by atoms with van der Waals surface area (Å²) in [5.41, 5.74) is 9.55. The topological polar surface area (TPSA) is 83.8 Å². The van der Waals surface area contributed by atoms with Crippen LogP contribution in [0.25, 0.3) is 11.1 Å². The zero-order valence-corrected chi connectivity index (χ0v) is 13.2. The number of anilines is 3. The first kappa shape index (κ1) is 15.4. The van der Waals surface area contributed by atoms with Gasteiger partial charge in [-0.3, -0.25) is 4.79 Å². The maximum Gasteiger partial charge on any atom is 0.275 e. The van der Waals surface area contributed by atoms with Gasteiger partial charge in [0.25, 0.3) is 5.56 Å². The van der Waals surface area contributed by atoms with Crippen LogP contribution in [0.5, 0.6) is 0 Å². The minimum absolute atomic E-state index is 0.169. The van der Waals surface area contributed by atoms with E-state index in [1.54, 1.807) is 25.4 Å². The van der Waals surface area contributed by atoms with Gasteiger partial charge in [0, 0.05) is 18.9 Å². The van der Waals surface area contributed by atoms with Crippen molar-refractivity contribution in [2.75, 3.05) is 11.1 Å². The first-order valence-electron chi connectivity index (χ1n) is 7.42. The molecule has 3 rings (SSSR count). The molecule has 118 valence electrons. The summed E-state index contributed by atoms with van der Waals surface area (Å²) in [7, 11) is 1.65. The molecule has 0 atom stereocenters. The van der Waals surface area contributed by atoms with Gasteiger partial charge >= 0.3 is 0 Å². The molecule has 0 saturated heterocycles. The first-order valence-corrected chi connectivity index (χ1v) is 7.42. The van der Waals surface area contributed by atoms with Gasteiger partial charge in [-0.05, 0) is 35.4 Å². The summed E-state index contributed by atoms with van der Waals surface area (Å²) < 4.78 is 1.43. The fourth-order valence-corrected chi connectivity index (χ4v) is 2.51. The number of nitrogens with one attached hydrogen (secondary N) is 1. The second kappa shape index (κ2) is 6.31. The van der Waals surface area contributed by atoms with Gasteiger partial charge in [0.05, 0.1) is 17.3 Å². The second-order valence-corrected chi connectivity index (χ2v) is 5.42. The normalized spacial score (nSPS) is 10.2. The first-order chi connectivity index (χ1) is 11.6. The third-order valence-corrected chi connectivity index (χ3v) is 3.81. The molecule has 1 heterocycles. The van der Waals surface area contributed by atoms with E-state index in [2.05, 4.69) is 11.4 Å². The van der Waals surface area contributed by atoms with Crippen molar-refractivity contribution >= 4 is 17.1 Å². The predicted octanol–water partition coefficient (Wildman–Crippen LogP) is 3.25. The lowest BCUT2D eigenvalue weighted by molar-refractivity contribution is 0.865. The number of benzene rings is 2. The third kappa shape index (κ3) is 2.85. The summed E-state index contributed by atoms with van der Waals surface area (Å²) in [5, 5.41) is 12.4. The van der Waals surface area contributed by atoms with Crippen molar-refractivity contribution < 1.29 is 0 Å². The highest BCUT2D eigenvalue weighted by Crippen LogP contribution is 2.27. The van der Waals surface area contributed by atoms with Gasteiger partial charge < -0.3 is 15.6 Å². The van der Waals surface area contributed by atoms with E-state index in [4.69, 9.17) is 5.73 Å². The number of nitrogens with two attached hydrogens (primary N) is 1. The minimum atomic E-state index is -0.244. The summed E-state index contributed by atoms with van der Waals surface area (Å²) in [4.78, 5) is 11.9. The molecule has 0 saturated carbocycles. The van der Waals surface area contributed by atoms with E-state index in [0.717, 1.165) is 16.8 Å². The Morgan fingerprint density at radius 2 is 1.92 bits per heavy atom. The molecule has 0 spiro atoms. The van der Waals surface area contributed by atoms with Crippen LogP contribution in [-0.2, 0) is 7.05 Å². The molecule has 3 aromatic rings. The Morgan fingerprint density at radius 1 is 1.12 bits per heavy atom. The monoisotopic (exact) mass is 316 g/mol. The van der Waals surface area contributed by atoms with Gasteiger partial charge in [-0.15, -0.1) is 0 Å². The van der Waals surface area contributed by atoms with Crippen molar-refractivity contribution in [2.24, 2.45) is 7.05 Å². The van der Waals surface area contributed by atoms with Crippen molar-refractivity contribution in [2.45, 2.75) is 0 Å². The van der Waals surface area contributed by atoms with E-state index in [1.807, 2.05) is 42.5 Å². The highest BCUT2D eigenvalue weighted by atomic mass is 16.1. The van der Waals surface area contributed by atoms with Gasteiger partial charge in [-0.2, -0.15) is 5.26 Å². The van der Waals surface area contributed by atoms with Crippen molar-refractivity contribution in [3.63, 3.8) is 0 Å². The van der Waals surface area contributed by atoms with Crippen LogP contribution in [0.1, 0.15) is 5.56 Å². The lowest BCUT2D eigenvalue weighted by atomic mass is 10.00. The zero-order chi connectivity index (χ0) is 17.1. The molecular formula is C19H16N4O. The summed E-state index contributed by atoms with van der Waals surface area (Å²) in [6, 6.07) is 19.0. The Kier molecular flexibility index (Phi) is 4.04. The number of hydrogen-bond donors (Lipinski definition) is 2. The molecule has 0 aliphatic rings. The van der Waals surface area contributed by atoms with Gasteiger partial charge in [0.1, 0.15) is 5.69 Å². The highest BCUT2D eigenvalue weighted by molar-refractivity contribution is 5.77. The fourth-order valence-electron chi connectivity index (χ4n) is 2.51. The van der Waals surface area contributed by atoms with E-state index in [0.29, 0.717) is 11.3 Å². The maximum absolute atomic E-state index is 11.9. The van der Waals surface area contributed by atoms with Gasteiger partial charge in [-0.1, -0.05) is 30.3 Å². The Hall–Kier alpha value is -3.52. The molecule has 0 amide bonds. The Morgan fingerprint density at radius 3 is 2.71 bits per heavy atom. The second-order valence-electron chi connectivity index (χ2n) is 5.42. The van der Waals surface area contributed by atoms with Gasteiger partial charge in [0.15, 0.2) is 0 Å². The van der Waals surface area contributed by atoms with Gasteiger partial charge in [-0.25, -0.2) is 0 Å². The molecule has 2 aromatic carbocycles. The Bertz CT molecular complexity index is 999. The van der Waals surface area contributed by atoms with E-state index in [1.165, 1.54) is 4.57 Å². The molecule has 0 aliphatic carbocycles. The quantitative estimate of drug-likeness (QED) is 0.777. The number of nitrogen functional groups attached to an aromatic ring is 1. The molecule has 0 bridgehead atoms. The van der Waals surface area contributed by atoms with Crippen LogP contribution < -0.4 is 16.6 Å². The molecule has 5 nitrogen and oxygen atoms in total. The third-order valence-electron chi connectivity index (χ3n) is 3.81. The number of pyridine rings is 1. The van der Waals surface area contributed by atoms with E-state index >= 15 is 0 Å². The number of aryl methyl sites for hydroxylation is 1. The van der Waals surface area contributed by atoms with E-state index < -0.39 is 0 Å². The molecule has 1 aromatic heterocycles. The Balaban J connectivity index is 1.99. The minimum Gasteiger partial charge on any atom is -0.393 e. The molecular weight excluding hydrogens is 300 g/mol. The molecule has 0 radical (unpaired) electrons. The number of rotatable bonds is 3. The van der Waals surface area contributed by atoms with Crippen LogP contribution in [0.3, 0.4) is 0 Å².